The van der Waals surface area contributed by atoms with Crippen molar-refractivity contribution in [2.24, 2.45) is 0 Å². The van der Waals surface area contributed by atoms with E-state index in [0.717, 1.165) is 0 Å². The number of hydrogen-bond donors (Lipinski definition) is 0. The van der Waals surface area contributed by atoms with Crippen molar-refractivity contribution in [3.8, 4) is 6.07 Å². The van der Waals surface area contributed by atoms with Gasteiger partial charge in [0.1, 0.15) is 6.07 Å². The number of nitro groups is 1. The summed E-state index contributed by atoms with van der Waals surface area (Å²) in [5, 5.41) is 20.0. The van der Waals surface area contributed by atoms with Gasteiger partial charge in [-0.3, -0.25) is 10.1 Å². The minimum atomic E-state index is -1.86. The maximum Gasteiger partial charge on any atom is 0.270 e. The van der Waals surface area contributed by atoms with E-state index in [2.05, 4.69) is 6.07 Å². The summed E-state index contributed by atoms with van der Waals surface area (Å²) in [7, 11) is -1.86. The van der Waals surface area contributed by atoms with Gasteiger partial charge in [-0.15, -0.1) is 0 Å². The SMILES string of the molecule is C[C@@](C#N)(/C=C/c1cccc([N+](=O)[O-])c1)O[Si](C)(C)C. The third-order valence-corrected chi connectivity index (χ3v) is 3.45. The highest BCUT2D eigenvalue weighted by atomic mass is 28.4. The van der Waals surface area contributed by atoms with Gasteiger partial charge in [0.05, 0.1) is 4.92 Å². The molecule has 1 atom stereocenters. The van der Waals surface area contributed by atoms with Crippen LogP contribution in [0.3, 0.4) is 0 Å². The highest BCUT2D eigenvalue weighted by molar-refractivity contribution is 6.69. The molecule has 0 saturated carbocycles. The van der Waals surface area contributed by atoms with Crippen LogP contribution in [-0.2, 0) is 4.43 Å². The molecule has 1 aromatic rings. The zero-order valence-electron chi connectivity index (χ0n) is 12.1. The molecule has 1 aromatic carbocycles. The number of rotatable bonds is 5. The first-order valence-electron chi connectivity index (χ1n) is 6.20. The highest BCUT2D eigenvalue weighted by Gasteiger charge is 2.29. The molecule has 5 nitrogen and oxygen atoms in total. The van der Waals surface area contributed by atoms with Gasteiger partial charge in [0.2, 0.25) is 0 Å². The molecule has 106 valence electrons. The molecule has 0 saturated heterocycles. The van der Waals surface area contributed by atoms with Crippen molar-refractivity contribution in [1.82, 2.24) is 0 Å². The summed E-state index contributed by atoms with van der Waals surface area (Å²) < 4.78 is 5.83. The molecular weight excluding hydrogens is 272 g/mol. The predicted molar refractivity (Wildman–Crippen MR) is 80.6 cm³/mol. The van der Waals surface area contributed by atoms with Crippen LogP contribution in [0.25, 0.3) is 6.08 Å². The first kappa shape index (κ1) is 16.1. The molecule has 0 radical (unpaired) electrons. The third-order valence-electron chi connectivity index (χ3n) is 2.42. The second-order valence-corrected chi connectivity index (χ2v) is 10.0. The fourth-order valence-corrected chi connectivity index (χ4v) is 3.11. The molecule has 20 heavy (non-hydrogen) atoms. The van der Waals surface area contributed by atoms with E-state index in [-0.39, 0.29) is 5.69 Å². The van der Waals surface area contributed by atoms with Gasteiger partial charge in [-0.1, -0.05) is 18.2 Å². The minimum Gasteiger partial charge on any atom is -0.397 e. The number of hydrogen-bond acceptors (Lipinski definition) is 4. The number of nitrogens with zero attached hydrogens (tertiary/aromatic N) is 2. The Morgan fingerprint density at radius 3 is 2.60 bits per heavy atom. The molecule has 1 rings (SSSR count). The fraction of sp³-hybridized carbons (Fsp3) is 0.357. The van der Waals surface area contributed by atoms with E-state index in [1.54, 1.807) is 31.2 Å². The predicted octanol–water partition coefficient (Wildman–Crippen LogP) is 3.74. The quantitative estimate of drug-likeness (QED) is 0.470. The van der Waals surface area contributed by atoms with E-state index in [9.17, 15) is 15.4 Å². The summed E-state index contributed by atoms with van der Waals surface area (Å²) in [4.78, 5) is 10.3. The molecule has 0 aliphatic heterocycles. The van der Waals surface area contributed by atoms with Gasteiger partial charge < -0.3 is 4.43 Å². The molecule has 0 aliphatic carbocycles. The third kappa shape index (κ3) is 4.95. The molecule has 0 N–H and O–H groups in total. The van der Waals surface area contributed by atoms with Crippen LogP contribution in [0.2, 0.25) is 19.6 Å². The molecule has 0 aliphatic rings. The maximum atomic E-state index is 10.7. The minimum absolute atomic E-state index is 0.0249. The van der Waals surface area contributed by atoms with Crippen LogP contribution in [0, 0.1) is 21.4 Å². The van der Waals surface area contributed by atoms with Crippen LogP contribution in [-0.4, -0.2) is 18.8 Å². The zero-order chi connectivity index (χ0) is 15.4. The number of nitriles is 1. The van der Waals surface area contributed by atoms with Crippen LogP contribution < -0.4 is 0 Å². The first-order chi connectivity index (χ1) is 9.15. The Labute approximate surface area is 119 Å². The molecule has 0 unspecified atom stereocenters. The summed E-state index contributed by atoms with van der Waals surface area (Å²) in [5.74, 6) is 0. The Morgan fingerprint density at radius 1 is 1.45 bits per heavy atom. The molecule has 0 heterocycles. The van der Waals surface area contributed by atoms with Gasteiger partial charge in [0, 0.05) is 12.1 Å². The maximum absolute atomic E-state index is 10.7. The van der Waals surface area contributed by atoms with Crippen LogP contribution in [0.15, 0.2) is 30.3 Å². The van der Waals surface area contributed by atoms with Crippen molar-refractivity contribution >= 4 is 20.1 Å². The average molecular weight is 290 g/mol. The molecule has 0 fully saturated rings. The highest BCUT2D eigenvalue weighted by Crippen LogP contribution is 2.21. The average Bonchev–Trinajstić information content (AvgIpc) is 2.35. The monoisotopic (exact) mass is 290 g/mol. The van der Waals surface area contributed by atoms with E-state index in [1.807, 2.05) is 19.6 Å². The van der Waals surface area contributed by atoms with E-state index >= 15 is 0 Å². The van der Waals surface area contributed by atoms with Crippen molar-refractivity contribution in [2.75, 3.05) is 0 Å². The van der Waals surface area contributed by atoms with Crippen molar-refractivity contribution in [1.29, 1.82) is 5.26 Å². The summed E-state index contributed by atoms with van der Waals surface area (Å²) in [6, 6.07) is 8.38. The number of nitro benzene ring substituents is 1. The summed E-state index contributed by atoms with van der Waals surface area (Å²) >= 11 is 0. The molecule has 0 spiro atoms. The lowest BCUT2D eigenvalue weighted by Crippen LogP contribution is -2.38. The lowest BCUT2D eigenvalue weighted by atomic mass is 10.1. The zero-order valence-corrected chi connectivity index (χ0v) is 13.1. The smallest absolute Gasteiger partial charge is 0.270 e. The van der Waals surface area contributed by atoms with Gasteiger partial charge in [0.25, 0.3) is 5.69 Å². The second kappa shape index (κ2) is 5.99. The number of benzene rings is 1. The van der Waals surface area contributed by atoms with Gasteiger partial charge in [0.15, 0.2) is 13.9 Å². The fourth-order valence-electron chi connectivity index (χ4n) is 1.73. The Bertz CT molecular complexity index is 573. The van der Waals surface area contributed by atoms with Crippen LogP contribution in [0.5, 0.6) is 0 Å². The van der Waals surface area contributed by atoms with Crippen molar-refractivity contribution in [3.05, 3.63) is 46.0 Å². The van der Waals surface area contributed by atoms with Gasteiger partial charge in [-0.05, 0) is 38.2 Å². The summed E-state index contributed by atoms with van der Waals surface area (Å²) in [6.07, 6.45) is 3.32. The first-order valence-corrected chi connectivity index (χ1v) is 9.61. The van der Waals surface area contributed by atoms with E-state index < -0.39 is 18.8 Å². The van der Waals surface area contributed by atoms with E-state index in [4.69, 9.17) is 4.43 Å². The Kier molecular flexibility index (Phi) is 4.81. The Morgan fingerprint density at radius 2 is 2.10 bits per heavy atom. The Balaban J connectivity index is 2.98. The van der Waals surface area contributed by atoms with Crippen LogP contribution in [0.1, 0.15) is 12.5 Å². The Hall–Kier alpha value is -1.97. The molecule has 0 amide bonds. The lowest BCUT2D eigenvalue weighted by Gasteiger charge is -2.27. The van der Waals surface area contributed by atoms with Gasteiger partial charge in [-0.2, -0.15) is 5.26 Å². The van der Waals surface area contributed by atoms with Crippen molar-refractivity contribution in [2.45, 2.75) is 32.2 Å². The van der Waals surface area contributed by atoms with E-state index in [0.29, 0.717) is 5.56 Å². The number of non-ortho nitro benzene ring substituents is 1. The van der Waals surface area contributed by atoms with Crippen molar-refractivity contribution in [3.63, 3.8) is 0 Å². The molecule has 6 heteroatoms. The molecular formula is C14H18N2O3Si. The summed E-state index contributed by atoms with van der Waals surface area (Å²) in [6.45, 7) is 7.70. The normalized spacial score (nSPS) is 14.8. The standard InChI is InChI=1S/C14H18N2O3Si/c1-14(11-15,19-20(2,3)4)9-8-12-6-5-7-13(10-12)16(17)18/h5-10H,1-4H3/b9-8+/t14-/m0/s1. The van der Waals surface area contributed by atoms with Gasteiger partial charge >= 0.3 is 0 Å². The van der Waals surface area contributed by atoms with Gasteiger partial charge in [-0.25, -0.2) is 0 Å². The second-order valence-electron chi connectivity index (χ2n) is 5.62. The van der Waals surface area contributed by atoms with Crippen LogP contribution >= 0.6 is 0 Å². The summed E-state index contributed by atoms with van der Waals surface area (Å²) in [5.41, 5.74) is -0.327. The lowest BCUT2D eigenvalue weighted by molar-refractivity contribution is -0.384. The topological polar surface area (TPSA) is 76.2 Å². The molecule has 0 aromatic heterocycles. The van der Waals surface area contributed by atoms with Crippen molar-refractivity contribution < 1.29 is 9.35 Å². The van der Waals surface area contributed by atoms with Crippen LogP contribution in [0.4, 0.5) is 5.69 Å². The molecule has 0 bridgehead atoms. The van der Waals surface area contributed by atoms with E-state index in [1.165, 1.54) is 12.1 Å². The largest absolute Gasteiger partial charge is 0.397 e.